The highest BCUT2D eigenvalue weighted by molar-refractivity contribution is 7.80. The van der Waals surface area contributed by atoms with Crippen molar-refractivity contribution in [2.75, 3.05) is 25.5 Å². The summed E-state index contributed by atoms with van der Waals surface area (Å²) in [6.07, 6.45) is 4.24. The smallest absolute Gasteiger partial charge is 0.173 e. The minimum atomic E-state index is 0.767. The number of ether oxygens (including phenoxy) is 1. The van der Waals surface area contributed by atoms with Gasteiger partial charge in [0.15, 0.2) is 5.11 Å². The summed E-state index contributed by atoms with van der Waals surface area (Å²) in [4.78, 5) is 2.11. The van der Waals surface area contributed by atoms with Crippen LogP contribution in [0.3, 0.4) is 0 Å². The number of anilines is 1. The second-order valence-corrected chi connectivity index (χ2v) is 4.37. The second-order valence-electron chi connectivity index (χ2n) is 3.99. The van der Waals surface area contributed by atoms with Crippen molar-refractivity contribution in [1.82, 2.24) is 4.90 Å². The Hall–Kier alpha value is -1.55. The van der Waals surface area contributed by atoms with Gasteiger partial charge in [-0.2, -0.15) is 0 Å². The molecule has 0 saturated carbocycles. The third-order valence-electron chi connectivity index (χ3n) is 2.78. The molecule has 1 aliphatic heterocycles. The van der Waals surface area contributed by atoms with Gasteiger partial charge < -0.3 is 15.0 Å². The van der Waals surface area contributed by atoms with Crippen molar-refractivity contribution in [3.8, 4) is 5.75 Å². The van der Waals surface area contributed by atoms with E-state index in [1.807, 2.05) is 25.1 Å². The van der Waals surface area contributed by atoms with Gasteiger partial charge in [-0.05, 0) is 42.9 Å². The second kappa shape index (κ2) is 5.19. The van der Waals surface area contributed by atoms with Crippen LogP contribution in [0.5, 0.6) is 5.75 Å². The minimum absolute atomic E-state index is 0.767. The number of rotatable bonds is 2. The number of hydrogen-bond donors (Lipinski definition) is 1. The van der Waals surface area contributed by atoms with E-state index in [4.69, 9.17) is 17.0 Å². The van der Waals surface area contributed by atoms with Gasteiger partial charge in [0.25, 0.3) is 0 Å². The van der Waals surface area contributed by atoms with E-state index < -0.39 is 0 Å². The molecule has 90 valence electrons. The molecular weight excluding hydrogens is 232 g/mol. The van der Waals surface area contributed by atoms with E-state index in [9.17, 15) is 0 Å². The number of methoxy groups -OCH3 is 1. The quantitative estimate of drug-likeness (QED) is 0.642. The molecule has 3 nitrogen and oxygen atoms in total. The Labute approximate surface area is 107 Å². The molecule has 0 saturated heterocycles. The maximum Gasteiger partial charge on any atom is 0.173 e. The summed E-state index contributed by atoms with van der Waals surface area (Å²) in [6, 6.07) is 5.91. The molecule has 0 radical (unpaired) electrons. The van der Waals surface area contributed by atoms with Gasteiger partial charge in [0.1, 0.15) is 5.75 Å². The largest absolute Gasteiger partial charge is 0.497 e. The fraction of sp³-hybridized carbons (Fsp3) is 0.308. The molecule has 0 unspecified atom stereocenters. The number of hydrogen-bond acceptors (Lipinski definition) is 2. The Balaban J connectivity index is 2.05. The first kappa shape index (κ1) is 11.9. The average molecular weight is 248 g/mol. The summed E-state index contributed by atoms with van der Waals surface area (Å²) in [7, 11) is 1.67. The fourth-order valence-corrected chi connectivity index (χ4v) is 2.00. The summed E-state index contributed by atoms with van der Waals surface area (Å²) >= 11 is 5.36. The first-order chi connectivity index (χ1) is 8.20. The van der Waals surface area contributed by atoms with E-state index in [-0.39, 0.29) is 0 Å². The Morgan fingerprint density at radius 2 is 2.06 bits per heavy atom. The zero-order valence-corrected chi connectivity index (χ0v) is 10.9. The molecule has 1 heterocycles. The third-order valence-corrected chi connectivity index (χ3v) is 3.14. The lowest BCUT2D eigenvalue weighted by Crippen LogP contribution is -2.32. The number of aryl methyl sites for hydroxylation is 1. The maximum atomic E-state index is 5.36. The molecule has 1 aliphatic rings. The lowest BCUT2D eigenvalue weighted by atomic mass is 10.2. The van der Waals surface area contributed by atoms with Gasteiger partial charge in [0.2, 0.25) is 0 Å². The summed E-state index contributed by atoms with van der Waals surface area (Å²) in [6.45, 7) is 3.82. The van der Waals surface area contributed by atoms with Crippen LogP contribution in [0.1, 0.15) is 5.56 Å². The predicted molar refractivity (Wildman–Crippen MR) is 74.7 cm³/mol. The molecule has 4 heteroatoms. The van der Waals surface area contributed by atoms with Crippen molar-refractivity contribution >= 4 is 23.0 Å². The summed E-state index contributed by atoms with van der Waals surface area (Å²) in [5.41, 5.74) is 2.15. The third kappa shape index (κ3) is 2.77. The normalized spacial score (nSPS) is 13.9. The molecule has 0 amide bonds. The molecular formula is C13H16N2OS. The Morgan fingerprint density at radius 1 is 1.35 bits per heavy atom. The summed E-state index contributed by atoms with van der Waals surface area (Å²) in [5.74, 6) is 0.863. The number of nitrogens with zero attached hydrogens (tertiary/aromatic N) is 1. The SMILES string of the molecule is COc1ccc(NC(=S)N2CC=CC2)c(C)c1. The van der Waals surface area contributed by atoms with Crippen LogP contribution in [0.2, 0.25) is 0 Å². The molecule has 0 aromatic heterocycles. The van der Waals surface area contributed by atoms with Crippen LogP contribution in [-0.4, -0.2) is 30.2 Å². The van der Waals surface area contributed by atoms with Gasteiger partial charge >= 0.3 is 0 Å². The Morgan fingerprint density at radius 3 is 2.65 bits per heavy atom. The molecule has 2 rings (SSSR count). The van der Waals surface area contributed by atoms with Crippen LogP contribution in [-0.2, 0) is 0 Å². The van der Waals surface area contributed by atoms with E-state index >= 15 is 0 Å². The maximum absolute atomic E-state index is 5.36. The van der Waals surface area contributed by atoms with E-state index in [0.29, 0.717) is 0 Å². The average Bonchev–Trinajstić information content (AvgIpc) is 2.85. The molecule has 1 aromatic carbocycles. The first-order valence-electron chi connectivity index (χ1n) is 5.56. The van der Waals surface area contributed by atoms with Gasteiger partial charge in [-0.25, -0.2) is 0 Å². The lowest BCUT2D eigenvalue weighted by Gasteiger charge is -2.20. The summed E-state index contributed by atoms with van der Waals surface area (Å²) < 4.78 is 5.17. The highest BCUT2D eigenvalue weighted by Crippen LogP contribution is 2.21. The van der Waals surface area contributed by atoms with Gasteiger partial charge in [-0.15, -0.1) is 0 Å². The fourth-order valence-electron chi connectivity index (χ4n) is 1.74. The monoisotopic (exact) mass is 248 g/mol. The molecule has 0 fully saturated rings. The zero-order chi connectivity index (χ0) is 12.3. The van der Waals surface area contributed by atoms with Gasteiger partial charge in [0, 0.05) is 18.8 Å². The van der Waals surface area contributed by atoms with Crippen LogP contribution in [0.25, 0.3) is 0 Å². The number of thiocarbonyl (C=S) groups is 1. The molecule has 0 atom stereocenters. The number of nitrogens with one attached hydrogen (secondary N) is 1. The van der Waals surface area contributed by atoms with Crippen LogP contribution >= 0.6 is 12.2 Å². The highest BCUT2D eigenvalue weighted by atomic mass is 32.1. The van der Waals surface area contributed by atoms with Gasteiger partial charge in [-0.1, -0.05) is 12.2 Å². The highest BCUT2D eigenvalue weighted by Gasteiger charge is 2.11. The van der Waals surface area contributed by atoms with Crippen LogP contribution < -0.4 is 10.1 Å². The topological polar surface area (TPSA) is 24.5 Å². The molecule has 17 heavy (non-hydrogen) atoms. The van der Waals surface area contributed by atoms with Crippen LogP contribution in [0, 0.1) is 6.92 Å². The van der Waals surface area contributed by atoms with Crippen molar-refractivity contribution in [1.29, 1.82) is 0 Å². The predicted octanol–water partition coefficient (Wildman–Crippen LogP) is 2.57. The Bertz CT molecular complexity index is 449. The van der Waals surface area contributed by atoms with Crippen molar-refractivity contribution in [2.24, 2.45) is 0 Å². The lowest BCUT2D eigenvalue weighted by molar-refractivity contribution is 0.414. The van der Waals surface area contributed by atoms with E-state index in [2.05, 4.69) is 22.4 Å². The van der Waals surface area contributed by atoms with Crippen LogP contribution in [0.15, 0.2) is 30.4 Å². The zero-order valence-electron chi connectivity index (χ0n) is 10.1. The molecule has 0 aliphatic carbocycles. The first-order valence-corrected chi connectivity index (χ1v) is 5.97. The van der Waals surface area contributed by atoms with Crippen molar-refractivity contribution in [3.05, 3.63) is 35.9 Å². The van der Waals surface area contributed by atoms with Gasteiger partial charge in [-0.3, -0.25) is 0 Å². The standard InChI is InChI=1S/C13H16N2OS/c1-10-9-11(16-2)5-6-12(10)14-13(17)15-7-3-4-8-15/h3-6,9H,7-8H2,1-2H3,(H,14,17). The van der Waals surface area contributed by atoms with Gasteiger partial charge in [0.05, 0.1) is 7.11 Å². The van der Waals surface area contributed by atoms with Crippen LogP contribution in [0.4, 0.5) is 5.69 Å². The van der Waals surface area contributed by atoms with E-state index in [0.717, 1.165) is 35.2 Å². The van der Waals surface area contributed by atoms with E-state index in [1.165, 1.54) is 0 Å². The van der Waals surface area contributed by atoms with Crippen molar-refractivity contribution in [2.45, 2.75) is 6.92 Å². The number of benzene rings is 1. The molecule has 0 bridgehead atoms. The van der Waals surface area contributed by atoms with Crippen molar-refractivity contribution in [3.63, 3.8) is 0 Å². The minimum Gasteiger partial charge on any atom is -0.497 e. The Kier molecular flexibility index (Phi) is 3.64. The van der Waals surface area contributed by atoms with E-state index in [1.54, 1.807) is 7.11 Å². The van der Waals surface area contributed by atoms with Crippen molar-refractivity contribution < 1.29 is 4.74 Å². The molecule has 0 spiro atoms. The summed E-state index contributed by atoms with van der Waals surface area (Å²) in [5, 5.41) is 4.03. The molecule has 1 aromatic rings. The molecule has 1 N–H and O–H groups in total.